The van der Waals surface area contributed by atoms with E-state index >= 15 is 0 Å². The molecule has 0 aliphatic rings. The standard InChI is InChI=1S/C7H10ClN3O/c1-5-9-6(4-11(5)2)10-7(12)3-8/h4H,3H2,1-2H3,(H,10,12). The summed E-state index contributed by atoms with van der Waals surface area (Å²) < 4.78 is 1.82. The quantitative estimate of drug-likeness (QED) is 0.700. The number of anilines is 1. The summed E-state index contributed by atoms with van der Waals surface area (Å²) in [5.74, 6) is 1.10. The van der Waals surface area contributed by atoms with Crippen LogP contribution in [0.5, 0.6) is 0 Å². The zero-order chi connectivity index (χ0) is 9.14. The number of alkyl halides is 1. The number of hydrogen-bond donors (Lipinski definition) is 1. The molecular weight excluding hydrogens is 178 g/mol. The van der Waals surface area contributed by atoms with E-state index in [1.807, 2.05) is 18.5 Å². The molecule has 1 aromatic heterocycles. The number of hydrogen-bond acceptors (Lipinski definition) is 2. The van der Waals surface area contributed by atoms with Gasteiger partial charge in [-0.15, -0.1) is 11.6 Å². The molecule has 0 aliphatic carbocycles. The third-order valence-electron chi connectivity index (χ3n) is 1.50. The molecule has 0 atom stereocenters. The Morgan fingerprint density at radius 2 is 2.50 bits per heavy atom. The van der Waals surface area contributed by atoms with E-state index in [1.165, 1.54) is 0 Å². The number of carbonyl (C=O) groups is 1. The lowest BCUT2D eigenvalue weighted by Gasteiger charge is -1.94. The van der Waals surface area contributed by atoms with Gasteiger partial charge in [0, 0.05) is 13.2 Å². The van der Waals surface area contributed by atoms with Gasteiger partial charge in [-0.25, -0.2) is 4.98 Å². The Hall–Kier alpha value is -1.03. The van der Waals surface area contributed by atoms with Crippen molar-refractivity contribution in [2.24, 2.45) is 7.05 Å². The van der Waals surface area contributed by atoms with Gasteiger partial charge in [0.25, 0.3) is 0 Å². The fourth-order valence-corrected chi connectivity index (χ4v) is 0.862. The molecule has 1 heterocycles. The van der Waals surface area contributed by atoms with Gasteiger partial charge < -0.3 is 9.88 Å². The normalized spacial score (nSPS) is 9.92. The number of rotatable bonds is 2. The SMILES string of the molecule is Cc1nc(NC(=O)CCl)cn1C. The number of nitrogens with one attached hydrogen (secondary N) is 1. The van der Waals surface area contributed by atoms with Gasteiger partial charge in [-0.2, -0.15) is 0 Å². The fraction of sp³-hybridized carbons (Fsp3) is 0.429. The van der Waals surface area contributed by atoms with Crippen LogP contribution in [-0.2, 0) is 11.8 Å². The molecule has 0 bridgehead atoms. The van der Waals surface area contributed by atoms with Crippen molar-refractivity contribution in [2.45, 2.75) is 6.92 Å². The maximum Gasteiger partial charge on any atom is 0.240 e. The summed E-state index contributed by atoms with van der Waals surface area (Å²) in [6, 6.07) is 0. The molecule has 12 heavy (non-hydrogen) atoms. The highest BCUT2D eigenvalue weighted by Gasteiger charge is 2.03. The van der Waals surface area contributed by atoms with Gasteiger partial charge in [0.1, 0.15) is 11.7 Å². The van der Waals surface area contributed by atoms with Crippen LogP contribution in [0.2, 0.25) is 0 Å². The molecule has 5 heteroatoms. The molecule has 1 N–H and O–H groups in total. The Morgan fingerprint density at radius 1 is 1.83 bits per heavy atom. The number of amides is 1. The first-order valence-corrected chi connectivity index (χ1v) is 4.02. The molecule has 1 aromatic rings. The minimum atomic E-state index is -0.241. The van der Waals surface area contributed by atoms with Gasteiger partial charge in [-0.1, -0.05) is 0 Å². The largest absolute Gasteiger partial charge is 0.336 e. The smallest absolute Gasteiger partial charge is 0.240 e. The van der Waals surface area contributed by atoms with Gasteiger partial charge in [0.05, 0.1) is 0 Å². The third kappa shape index (κ3) is 1.98. The molecular formula is C7H10ClN3O. The molecule has 0 unspecified atom stereocenters. The van der Waals surface area contributed by atoms with E-state index in [1.54, 1.807) is 6.20 Å². The van der Waals surface area contributed by atoms with Crippen molar-refractivity contribution >= 4 is 23.3 Å². The lowest BCUT2D eigenvalue weighted by atomic mass is 10.6. The topological polar surface area (TPSA) is 46.9 Å². The van der Waals surface area contributed by atoms with Crippen molar-refractivity contribution in [1.29, 1.82) is 0 Å². The number of aryl methyl sites for hydroxylation is 2. The lowest BCUT2D eigenvalue weighted by molar-refractivity contribution is -0.113. The molecule has 0 saturated heterocycles. The molecule has 1 amide bonds. The summed E-state index contributed by atoms with van der Waals surface area (Å²) in [5, 5.41) is 2.55. The predicted octanol–water partition coefficient (Wildman–Crippen LogP) is 0.906. The number of halogens is 1. The number of nitrogens with zero attached hydrogens (tertiary/aromatic N) is 2. The van der Waals surface area contributed by atoms with Crippen LogP contribution in [0.1, 0.15) is 5.82 Å². The Kier molecular flexibility index (Phi) is 2.70. The average Bonchev–Trinajstić information content (AvgIpc) is 2.31. The number of imidazole rings is 1. The van der Waals surface area contributed by atoms with Crippen LogP contribution in [0.4, 0.5) is 5.82 Å². The van der Waals surface area contributed by atoms with E-state index in [4.69, 9.17) is 11.6 Å². The molecule has 0 spiro atoms. The second-order valence-corrected chi connectivity index (χ2v) is 2.73. The Labute approximate surface area is 75.5 Å². The molecule has 0 saturated carbocycles. The molecule has 0 aliphatic heterocycles. The van der Waals surface area contributed by atoms with Crippen LogP contribution in [0.3, 0.4) is 0 Å². The summed E-state index contributed by atoms with van der Waals surface area (Å²) in [6.07, 6.45) is 1.74. The van der Waals surface area contributed by atoms with Crippen LogP contribution < -0.4 is 5.32 Å². The predicted molar refractivity (Wildman–Crippen MR) is 47.3 cm³/mol. The Morgan fingerprint density at radius 3 is 2.92 bits per heavy atom. The van der Waals surface area contributed by atoms with E-state index in [9.17, 15) is 4.79 Å². The highest BCUT2D eigenvalue weighted by molar-refractivity contribution is 6.28. The maximum atomic E-state index is 10.8. The highest BCUT2D eigenvalue weighted by atomic mass is 35.5. The minimum Gasteiger partial charge on any atom is -0.336 e. The molecule has 4 nitrogen and oxygen atoms in total. The summed E-state index contributed by atoms with van der Waals surface area (Å²) in [7, 11) is 1.86. The molecule has 0 fully saturated rings. The van der Waals surface area contributed by atoms with Crippen LogP contribution >= 0.6 is 11.6 Å². The van der Waals surface area contributed by atoms with Crippen LogP contribution in [-0.4, -0.2) is 21.3 Å². The van der Waals surface area contributed by atoms with Gasteiger partial charge in [0.2, 0.25) is 5.91 Å². The first kappa shape index (κ1) is 9.06. The average molecular weight is 188 g/mol. The summed E-state index contributed by atoms with van der Waals surface area (Å²) in [6.45, 7) is 1.86. The van der Waals surface area contributed by atoms with Crippen molar-refractivity contribution in [3.05, 3.63) is 12.0 Å². The van der Waals surface area contributed by atoms with Crippen LogP contribution in [0.25, 0.3) is 0 Å². The molecule has 1 rings (SSSR count). The first-order chi connectivity index (χ1) is 5.63. The van der Waals surface area contributed by atoms with E-state index in [0.717, 1.165) is 5.82 Å². The van der Waals surface area contributed by atoms with E-state index in [0.29, 0.717) is 5.82 Å². The highest BCUT2D eigenvalue weighted by Crippen LogP contribution is 2.05. The van der Waals surface area contributed by atoms with Crippen molar-refractivity contribution in [3.63, 3.8) is 0 Å². The molecule has 0 radical (unpaired) electrons. The van der Waals surface area contributed by atoms with Crippen molar-refractivity contribution in [3.8, 4) is 0 Å². The maximum absolute atomic E-state index is 10.8. The fourth-order valence-electron chi connectivity index (χ4n) is 0.795. The first-order valence-electron chi connectivity index (χ1n) is 3.49. The van der Waals surface area contributed by atoms with Crippen LogP contribution in [0, 0.1) is 6.92 Å². The number of carbonyl (C=O) groups excluding carboxylic acids is 1. The lowest BCUT2D eigenvalue weighted by Crippen LogP contribution is -2.12. The summed E-state index contributed by atoms with van der Waals surface area (Å²) >= 11 is 5.30. The van der Waals surface area contributed by atoms with Crippen molar-refractivity contribution in [2.75, 3.05) is 11.2 Å². The zero-order valence-electron chi connectivity index (χ0n) is 6.97. The Balaban J connectivity index is 2.70. The van der Waals surface area contributed by atoms with E-state index < -0.39 is 0 Å². The number of aromatic nitrogens is 2. The third-order valence-corrected chi connectivity index (χ3v) is 1.74. The van der Waals surface area contributed by atoms with E-state index in [2.05, 4.69) is 10.3 Å². The molecule has 0 aromatic carbocycles. The van der Waals surface area contributed by atoms with Crippen molar-refractivity contribution in [1.82, 2.24) is 9.55 Å². The second-order valence-electron chi connectivity index (χ2n) is 2.47. The zero-order valence-corrected chi connectivity index (χ0v) is 7.72. The van der Waals surface area contributed by atoms with Gasteiger partial charge in [-0.3, -0.25) is 4.79 Å². The van der Waals surface area contributed by atoms with Crippen molar-refractivity contribution < 1.29 is 4.79 Å². The monoisotopic (exact) mass is 187 g/mol. The van der Waals surface area contributed by atoms with Gasteiger partial charge in [0.15, 0.2) is 5.82 Å². The molecule has 66 valence electrons. The minimum absolute atomic E-state index is 0.0460. The van der Waals surface area contributed by atoms with Gasteiger partial charge in [-0.05, 0) is 6.92 Å². The van der Waals surface area contributed by atoms with Crippen LogP contribution in [0.15, 0.2) is 6.20 Å². The van der Waals surface area contributed by atoms with Gasteiger partial charge >= 0.3 is 0 Å². The Bertz CT molecular complexity index is 275. The second kappa shape index (κ2) is 3.58. The summed E-state index contributed by atoms with van der Waals surface area (Å²) in [4.78, 5) is 14.9. The summed E-state index contributed by atoms with van der Waals surface area (Å²) in [5.41, 5.74) is 0. The van der Waals surface area contributed by atoms with E-state index in [-0.39, 0.29) is 11.8 Å².